The number of likely N-dealkylation sites (tertiary alicyclic amines) is 1. The Morgan fingerprint density at radius 1 is 1.61 bits per heavy atom. The lowest BCUT2D eigenvalue weighted by Gasteiger charge is -2.20. The highest BCUT2D eigenvalue weighted by Crippen LogP contribution is 2.15. The van der Waals surface area contributed by atoms with Crippen molar-refractivity contribution in [3.63, 3.8) is 0 Å². The monoisotopic (exact) mass is 250 g/mol. The van der Waals surface area contributed by atoms with Gasteiger partial charge in [-0.2, -0.15) is 0 Å². The molecule has 0 aromatic carbocycles. The van der Waals surface area contributed by atoms with E-state index in [-0.39, 0.29) is 11.5 Å². The molecular formula is C13H22N4O. The number of nitrogens with one attached hydrogen (secondary N) is 2. The van der Waals surface area contributed by atoms with E-state index in [9.17, 15) is 4.79 Å². The topological polar surface area (TPSA) is 61.0 Å². The first kappa shape index (κ1) is 13.1. The molecule has 2 heterocycles. The van der Waals surface area contributed by atoms with Crippen LogP contribution in [0.1, 0.15) is 38.4 Å². The highest BCUT2D eigenvalue weighted by atomic mass is 16.1. The normalized spacial score (nSPS) is 20.6. The van der Waals surface area contributed by atoms with E-state index in [0.29, 0.717) is 11.9 Å². The van der Waals surface area contributed by atoms with Gasteiger partial charge in [0.2, 0.25) is 0 Å². The first-order valence-electron chi connectivity index (χ1n) is 6.61. The van der Waals surface area contributed by atoms with Gasteiger partial charge in [-0.15, -0.1) is 0 Å². The summed E-state index contributed by atoms with van der Waals surface area (Å²) in [6, 6.07) is 2.08. The number of hydrogen-bond acceptors (Lipinski definition) is 4. The summed E-state index contributed by atoms with van der Waals surface area (Å²) in [4.78, 5) is 21.1. The number of anilines is 1. The maximum atomic E-state index is 11.5. The van der Waals surface area contributed by atoms with Gasteiger partial charge in [0.25, 0.3) is 5.56 Å². The lowest BCUT2D eigenvalue weighted by Crippen LogP contribution is -2.32. The van der Waals surface area contributed by atoms with Crippen LogP contribution in [0.2, 0.25) is 0 Å². The molecule has 0 aliphatic carbocycles. The van der Waals surface area contributed by atoms with Crippen molar-refractivity contribution in [3.05, 3.63) is 22.2 Å². The summed E-state index contributed by atoms with van der Waals surface area (Å²) < 4.78 is 0. The molecule has 0 radical (unpaired) electrons. The maximum absolute atomic E-state index is 11.5. The Kier molecular flexibility index (Phi) is 4.01. The number of nitrogens with zero attached hydrogens (tertiary/aromatic N) is 2. The van der Waals surface area contributed by atoms with Gasteiger partial charge in [-0.25, -0.2) is 4.98 Å². The van der Waals surface area contributed by atoms with Crippen LogP contribution in [0.3, 0.4) is 0 Å². The first-order valence-corrected chi connectivity index (χ1v) is 6.61. The van der Waals surface area contributed by atoms with Gasteiger partial charge in [0.15, 0.2) is 0 Å². The molecule has 5 heteroatoms. The third-order valence-electron chi connectivity index (χ3n) is 3.50. The standard InChI is InChI=1S/C13H22N4O/c1-9(2)13-15-11(7-12(18)16-13)14-8-10-5-4-6-17(10)3/h7,9-10H,4-6,8H2,1-3H3,(H2,14,15,16,18). The van der Waals surface area contributed by atoms with E-state index in [1.54, 1.807) is 0 Å². The van der Waals surface area contributed by atoms with Crippen molar-refractivity contribution in [1.29, 1.82) is 0 Å². The Hall–Kier alpha value is -1.36. The molecule has 1 aliphatic heterocycles. The fourth-order valence-corrected chi connectivity index (χ4v) is 2.30. The zero-order chi connectivity index (χ0) is 13.1. The molecule has 0 bridgehead atoms. The van der Waals surface area contributed by atoms with E-state index < -0.39 is 0 Å². The van der Waals surface area contributed by atoms with Gasteiger partial charge >= 0.3 is 0 Å². The van der Waals surface area contributed by atoms with Crippen LogP contribution >= 0.6 is 0 Å². The third kappa shape index (κ3) is 3.10. The Bertz CT molecular complexity index is 455. The lowest BCUT2D eigenvalue weighted by atomic mass is 10.2. The molecule has 1 fully saturated rings. The minimum atomic E-state index is -0.0871. The minimum absolute atomic E-state index is 0.0871. The summed E-state index contributed by atoms with van der Waals surface area (Å²) in [6.07, 6.45) is 2.46. The Labute approximate surface area is 108 Å². The maximum Gasteiger partial charge on any atom is 0.252 e. The zero-order valence-electron chi connectivity index (χ0n) is 11.4. The fourth-order valence-electron chi connectivity index (χ4n) is 2.30. The summed E-state index contributed by atoms with van der Waals surface area (Å²) in [5.74, 6) is 1.65. The van der Waals surface area contributed by atoms with Crippen molar-refractivity contribution in [2.24, 2.45) is 0 Å². The minimum Gasteiger partial charge on any atom is -0.368 e. The van der Waals surface area contributed by atoms with E-state index in [1.165, 1.54) is 18.9 Å². The summed E-state index contributed by atoms with van der Waals surface area (Å²) >= 11 is 0. The second kappa shape index (κ2) is 5.52. The summed E-state index contributed by atoms with van der Waals surface area (Å²) in [5.41, 5.74) is -0.0871. The predicted octanol–water partition coefficient (Wildman–Crippen LogP) is 1.40. The Morgan fingerprint density at radius 2 is 2.39 bits per heavy atom. The summed E-state index contributed by atoms with van der Waals surface area (Å²) in [7, 11) is 2.14. The second-order valence-electron chi connectivity index (χ2n) is 5.33. The molecule has 18 heavy (non-hydrogen) atoms. The molecule has 1 saturated heterocycles. The molecule has 1 aliphatic rings. The van der Waals surface area contributed by atoms with Crippen LogP contribution in [0.4, 0.5) is 5.82 Å². The zero-order valence-corrected chi connectivity index (χ0v) is 11.4. The molecular weight excluding hydrogens is 228 g/mol. The van der Waals surface area contributed by atoms with Crippen molar-refractivity contribution in [2.45, 2.75) is 38.6 Å². The van der Waals surface area contributed by atoms with Crippen LogP contribution < -0.4 is 10.9 Å². The molecule has 5 nitrogen and oxygen atoms in total. The van der Waals surface area contributed by atoms with Crippen LogP contribution in [0.5, 0.6) is 0 Å². The van der Waals surface area contributed by atoms with Crippen molar-refractivity contribution in [3.8, 4) is 0 Å². The van der Waals surface area contributed by atoms with E-state index in [0.717, 1.165) is 18.9 Å². The van der Waals surface area contributed by atoms with Gasteiger partial charge in [-0.05, 0) is 26.4 Å². The average Bonchev–Trinajstić information content (AvgIpc) is 2.71. The SMILES string of the molecule is CC(C)c1nc(NCC2CCCN2C)cc(=O)[nH]1. The van der Waals surface area contributed by atoms with Crippen molar-refractivity contribution >= 4 is 5.82 Å². The van der Waals surface area contributed by atoms with Crippen molar-refractivity contribution < 1.29 is 0 Å². The molecule has 1 aromatic heterocycles. The molecule has 0 saturated carbocycles. The number of aromatic amines is 1. The summed E-state index contributed by atoms with van der Waals surface area (Å²) in [5, 5.41) is 3.28. The molecule has 1 aromatic rings. The largest absolute Gasteiger partial charge is 0.368 e. The van der Waals surface area contributed by atoms with Crippen molar-refractivity contribution in [1.82, 2.24) is 14.9 Å². The van der Waals surface area contributed by atoms with Gasteiger partial charge in [0, 0.05) is 24.6 Å². The molecule has 0 amide bonds. The smallest absolute Gasteiger partial charge is 0.252 e. The highest BCUT2D eigenvalue weighted by Gasteiger charge is 2.20. The second-order valence-corrected chi connectivity index (χ2v) is 5.33. The van der Waals surface area contributed by atoms with E-state index in [4.69, 9.17) is 0 Å². The van der Waals surface area contributed by atoms with E-state index in [2.05, 4.69) is 27.2 Å². The number of aromatic nitrogens is 2. The quantitative estimate of drug-likeness (QED) is 0.848. The van der Waals surface area contributed by atoms with E-state index >= 15 is 0 Å². The van der Waals surface area contributed by atoms with Crippen LogP contribution in [0, 0.1) is 0 Å². The molecule has 1 unspecified atom stereocenters. The Morgan fingerprint density at radius 3 is 3.00 bits per heavy atom. The van der Waals surface area contributed by atoms with Crippen LogP contribution in [-0.4, -0.2) is 41.0 Å². The number of hydrogen-bond donors (Lipinski definition) is 2. The predicted molar refractivity (Wildman–Crippen MR) is 73.1 cm³/mol. The van der Waals surface area contributed by atoms with Crippen molar-refractivity contribution in [2.75, 3.05) is 25.5 Å². The van der Waals surface area contributed by atoms with Gasteiger partial charge < -0.3 is 15.2 Å². The number of rotatable bonds is 4. The Balaban J connectivity index is 2.02. The van der Waals surface area contributed by atoms with Crippen LogP contribution in [-0.2, 0) is 0 Å². The number of H-pyrrole nitrogens is 1. The fraction of sp³-hybridized carbons (Fsp3) is 0.692. The van der Waals surface area contributed by atoms with Crippen LogP contribution in [0.25, 0.3) is 0 Å². The molecule has 0 spiro atoms. The average molecular weight is 250 g/mol. The van der Waals surface area contributed by atoms with Gasteiger partial charge in [-0.1, -0.05) is 13.8 Å². The van der Waals surface area contributed by atoms with Gasteiger partial charge in [-0.3, -0.25) is 4.79 Å². The van der Waals surface area contributed by atoms with Gasteiger partial charge in [0.05, 0.1) is 0 Å². The molecule has 1 atom stereocenters. The van der Waals surface area contributed by atoms with E-state index in [1.807, 2.05) is 13.8 Å². The highest BCUT2D eigenvalue weighted by molar-refractivity contribution is 5.33. The molecule has 2 N–H and O–H groups in total. The first-order chi connectivity index (χ1) is 8.56. The number of likely N-dealkylation sites (N-methyl/N-ethyl adjacent to an activating group) is 1. The molecule has 2 rings (SSSR count). The van der Waals surface area contributed by atoms with Gasteiger partial charge in [0.1, 0.15) is 11.6 Å². The molecule has 100 valence electrons. The summed E-state index contributed by atoms with van der Waals surface area (Å²) in [6.45, 7) is 6.05. The lowest BCUT2D eigenvalue weighted by molar-refractivity contribution is 0.322. The third-order valence-corrected chi connectivity index (χ3v) is 3.50. The van der Waals surface area contributed by atoms with Crippen LogP contribution in [0.15, 0.2) is 10.9 Å².